The summed E-state index contributed by atoms with van der Waals surface area (Å²) in [6, 6.07) is 9.47. The lowest BCUT2D eigenvalue weighted by molar-refractivity contribution is -0.146. The van der Waals surface area contributed by atoms with Gasteiger partial charge in [0, 0.05) is 26.2 Å². The highest BCUT2D eigenvalue weighted by Gasteiger charge is 2.60. The second kappa shape index (κ2) is 12.4. The summed E-state index contributed by atoms with van der Waals surface area (Å²) < 4.78 is 53.9. The number of halogens is 4. The number of nitrogens with zero attached hydrogens (tertiary/aromatic N) is 3. The zero-order valence-electron chi connectivity index (χ0n) is 24.6. The molecule has 2 aliphatic heterocycles. The van der Waals surface area contributed by atoms with Gasteiger partial charge in [-0.3, -0.25) is 24.1 Å². The Morgan fingerprint density at radius 1 is 1.05 bits per heavy atom. The minimum atomic E-state index is -4.78. The summed E-state index contributed by atoms with van der Waals surface area (Å²) in [5.74, 6) is -4.50. The standard InChI is InChI=1S/C31H36F4N4O4/c1-19(2)25(36-26(40)22-18-21(31(33,34)35)10-11-23(22)32)28(42)38-14-12-30(13-15-38)24(20-8-6-5-7-9-20)27(41)39(29(30)43)17-16-37(3)4/h5-11,18-19,24-25H,12-17H2,1-4H3,(H,36,40)/t24?,25-/m1/s1. The monoisotopic (exact) mass is 604 g/mol. The van der Waals surface area contributed by atoms with Crippen molar-refractivity contribution in [1.82, 2.24) is 20.0 Å². The number of hydrogen-bond acceptors (Lipinski definition) is 5. The second-order valence-corrected chi connectivity index (χ2v) is 11.8. The Morgan fingerprint density at radius 3 is 2.23 bits per heavy atom. The maximum Gasteiger partial charge on any atom is 0.416 e. The van der Waals surface area contributed by atoms with Gasteiger partial charge in [-0.25, -0.2) is 4.39 Å². The molecule has 232 valence electrons. The summed E-state index contributed by atoms with van der Waals surface area (Å²) in [5.41, 5.74) is -2.32. The number of benzene rings is 2. The van der Waals surface area contributed by atoms with Crippen LogP contribution in [0.5, 0.6) is 0 Å². The number of hydrogen-bond donors (Lipinski definition) is 1. The second-order valence-electron chi connectivity index (χ2n) is 11.8. The molecular weight excluding hydrogens is 568 g/mol. The average Bonchev–Trinajstić information content (AvgIpc) is 3.15. The molecule has 2 aliphatic rings. The number of piperidine rings is 1. The number of carbonyl (C=O) groups excluding carboxylic acids is 4. The Bertz CT molecular complexity index is 1370. The minimum absolute atomic E-state index is 0.125. The van der Waals surface area contributed by atoms with Crippen LogP contribution in [-0.4, -0.2) is 84.6 Å². The van der Waals surface area contributed by atoms with Gasteiger partial charge < -0.3 is 15.1 Å². The molecule has 0 bridgehead atoms. The van der Waals surface area contributed by atoms with Crippen molar-refractivity contribution < 1.29 is 36.7 Å². The molecule has 0 radical (unpaired) electrons. The summed E-state index contributed by atoms with van der Waals surface area (Å²) in [6.45, 7) is 4.31. The van der Waals surface area contributed by atoms with Crippen molar-refractivity contribution in [1.29, 1.82) is 0 Å². The maximum atomic E-state index is 14.4. The Hall–Kier alpha value is -3.80. The van der Waals surface area contributed by atoms with Crippen LogP contribution in [0, 0.1) is 17.2 Å². The number of likely N-dealkylation sites (tertiary alicyclic amines) is 2. The molecule has 2 saturated heterocycles. The molecule has 4 amide bonds. The predicted octanol–water partition coefficient (Wildman–Crippen LogP) is 3.92. The smallest absolute Gasteiger partial charge is 0.341 e. The normalized spacial score (nSPS) is 19.4. The molecule has 0 aromatic heterocycles. The maximum absolute atomic E-state index is 14.4. The minimum Gasteiger partial charge on any atom is -0.341 e. The van der Waals surface area contributed by atoms with Crippen LogP contribution < -0.4 is 5.32 Å². The van der Waals surface area contributed by atoms with Gasteiger partial charge in [0.2, 0.25) is 17.7 Å². The molecule has 4 rings (SSSR count). The fourth-order valence-electron chi connectivity index (χ4n) is 5.94. The largest absolute Gasteiger partial charge is 0.416 e. The molecule has 43 heavy (non-hydrogen) atoms. The average molecular weight is 605 g/mol. The van der Waals surface area contributed by atoms with Crippen molar-refractivity contribution in [3.63, 3.8) is 0 Å². The number of alkyl halides is 3. The zero-order valence-corrected chi connectivity index (χ0v) is 24.6. The van der Waals surface area contributed by atoms with Gasteiger partial charge in [-0.2, -0.15) is 13.2 Å². The van der Waals surface area contributed by atoms with Crippen LogP contribution in [0.25, 0.3) is 0 Å². The van der Waals surface area contributed by atoms with E-state index in [1.165, 1.54) is 9.80 Å². The lowest BCUT2D eigenvalue weighted by Crippen LogP contribution is -2.55. The Labute approximate surface area is 248 Å². The highest BCUT2D eigenvalue weighted by molar-refractivity contribution is 6.10. The summed E-state index contributed by atoms with van der Waals surface area (Å²) in [5, 5.41) is 2.42. The van der Waals surface area contributed by atoms with Gasteiger partial charge in [0.25, 0.3) is 5.91 Å². The van der Waals surface area contributed by atoms with Crippen LogP contribution in [0.1, 0.15) is 54.1 Å². The predicted molar refractivity (Wildman–Crippen MR) is 150 cm³/mol. The Kier molecular flexibility index (Phi) is 9.29. The molecule has 2 aromatic carbocycles. The first-order valence-corrected chi connectivity index (χ1v) is 14.2. The van der Waals surface area contributed by atoms with E-state index >= 15 is 0 Å². The molecule has 2 heterocycles. The zero-order chi connectivity index (χ0) is 31.7. The van der Waals surface area contributed by atoms with E-state index in [0.29, 0.717) is 24.7 Å². The van der Waals surface area contributed by atoms with E-state index in [4.69, 9.17) is 0 Å². The third-order valence-electron chi connectivity index (χ3n) is 8.37. The van der Waals surface area contributed by atoms with Crippen LogP contribution in [0.4, 0.5) is 17.6 Å². The van der Waals surface area contributed by atoms with Crippen LogP contribution in [0.3, 0.4) is 0 Å². The number of rotatable bonds is 8. The van der Waals surface area contributed by atoms with Crippen molar-refractivity contribution in [2.45, 2.75) is 44.8 Å². The third-order valence-corrected chi connectivity index (χ3v) is 8.37. The van der Waals surface area contributed by atoms with Gasteiger partial charge in [0.1, 0.15) is 11.9 Å². The lowest BCUT2D eigenvalue weighted by atomic mass is 9.67. The number of amides is 4. The Morgan fingerprint density at radius 2 is 1.67 bits per heavy atom. The van der Waals surface area contributed by atoms with Crippen molar-refractivity contribution in [2.24, 2.45) is 11.3 Å². The fourth-order valence-corrected chi connectivity index (χ4v) is 5.94. The molecule has 8 nitrogen and oxygen atoms in total. The van der Waals surface area contributed by atoms with Crippen LogP contribution in [0.15, 0.2) is 48.5 Å². The third kappa shape index (κ3) is 6.43. The SMILES string of the molecule is CC(C)[C@@H](NC(=O)c1cc(C(F)(F)F)ccc1F)C(=O)N1CCC2(CC1)C(=O)N(CCN(C)C)C(=O)C2c1ccccc1. The molecule has 1 spiro atoms. The quantitative estimate of drug-likeness (QED) is 0.365. The molecule has 1 N–H and O–H groups in total. The van der Waals surface area contributed by atoms with Gasteiger partial charge >= 0.3 is 6.18 Å². The van der Waals surface area contributed by atoms with Crippen molar-refractivity contribution >= 4 is 23.6 Å². The highest BCUT2D eigenvalue weighted by atomic mass is 19.4. The summed E-state index contributed by atoms with van der Waals surface area (Å²) in [6.07, 6.45) is -4.36. The van der Waals surface area contributed by atoms with Crippen molar-refractivity contribution in [3.8, 4) is 0 Å². The van der Waals surface area contributed by atoms with E-state index in [-0.39, 0.29) is 44.3 Å². The number of imide groups is 1. The van der Waals surface area contributed by atoms with Crippen molar-refractivity contribution in [2.75, 3.05) is 40.3 Å². The number of nitrogens with one attached hydrogen (secondary N) is 1. The molecule has 2 atom stereocenters. The van der Waals surface area contributed by atoms with E-state index in [0.717, 1.165) is 5.56 Å². The first kappa shape index (κ1) is 32.1. The van der Waals surface area contributed by atoms with E-state index in [1.807, 2.05) is 49.3 Å². The Balaban J connectivity index is 1.54. The molecule has 0 saturated carbocycles. The number of carbonyl (C=O) groups is 4. The van der Waals surface area contributed by atoms with Gasteiger partial charge in [-0.15, -0.1) is 0 Å². The highest BCUT2D eigenvalue weighted by Crippen LogP contribution is 2.51. The van der Waals surface area contributed by atoms with E-state index in [2.05, 4.69) is 5.32 Å². The summed E-state index contributed by atoms with van der Waals surface area (Å²) in [4.78, 5) is 58.7. The first-order valence-electron chi connectivity index (χ1n) is 14.2. The lowest BCUT2D eigenvalue weighted by Gasteiger charge is -2.41. The topological polar surface area (TPSA) is 90.0 Å². The first-order chi connectivity index (χ1) is 20.2. The van der Waals surface area contributed by atoms with Crippen LogP contribution in [-0.2, 0) is 20.6 Å². The summed E-state index contributed by atoms with van der Waals surface area (Å²) >= 11 is 0. The van der Waals surface area contributed by atoms with Gasteiger partial charge in [-0.1, -0.05) is 44.2 Å². The van der Waals surface area contributed by atoms with Crippen LogP contribution in [0.2, 0.25) is 0 Å². The summed E-state index contributed by atoms with van der Waals surface area (Å²) in [7, 11) is 3.70. The molecular formula is C31H36F4N4O4. The van der Waals surface area contributed by atoms with E-state index in [9.17, 15) is 36.7 Å². The molecule has 2 aromatic rings. The van der Waals surface area contributed by atoms with Gasteiger partial charge in [0.15, 0.2) is 0 Å². The molecule has 2 fully saturated rings. The number of likely N-dealkylation sites (N-methyl/N-ethyl adjacent to an activating group) is 1. The molecule has 0 aliphatic carbocycles. The molecule has 12 heteroatoms. The van der Waals surface area contributed by atoms with Crippen molar-refractivity contribution in [3.05, 3.63) is 71.0 Å². The van der Waals surface area contributed by atoms with Gasteiger partial charge in [0.05, 0.1) is 22.5 Å². The molecule has 1 unspecified atom stereocenters. The van der Waals surface area contributed by atoms with Crippen LogP contribution >= 0.6 is 0 Å². The van der Waals surface area contributed by atoms with E-state index in [1.54, 1.807) is 13.8 Å². The van der Waals surface area contributed by atoms with Gasteiger partial charge in [-0.05, 0) is 56.6 Å². The van der Waals surface area contributed by atoms with E-state index < -0.39 is 58.2 Å². The fraction of sp³-hybridized carbons (Fsp3) is 0.484.